The van der Waals surface area contributed by atoms with E-state index in [1.807, 2.05) is 0 Å². The van der Waals surface area contributed by atoms with E-state index < -0.39 is 0 Å². The fourth-order valence-corrected chi connectivity index (χ4v) is 3.43. The normalized spacial score (nSPS) is 19.0. The third-order valence-corrected chi connectivity index (χ3v) is 4.35. The van der Waals surface area contributed by atoms with Crippen molar-refractivity contribution in [3.63, 3.8) is 0 Å². The monoisotopic (exact) mass is 255 g/mol. The summed E-state index contributed by atoms with van der Waals surface area (Å²) in [6, 6.07) is 12.7. The third-order valence-electron chi connectivity index (χ3n) is 3.43. The second kappa shape index (κ2) is 3.93. The Bertz CT molecular complexity index is 684. The van der Waals surface area contributed by atoms with Crippen molar-refractivity contribution in [1.29, 1.82) is 0 Å². The average Bonchev–Trinajstić information content (AvgIpc) is 3.05. The predicted octanol–water partition coefficient (Wildman–Crippen LogP) is 2.79. The zero-order valence-corrected chi connectivity index (χ0v) is 10.7. The van der Waals surface area contributed by atoms with Crippen molar-refractivity contribution in [3.8, 4) is 0 Å². The van der Waals surface area contributed by atoms with Crippen LogP contribution in [0.15, 0.2) is 41.8 Å². The van der Waals surface area contributed by atoms with Gasteiger partial charge in [-0.2, -0.15) is 0 Å². The van der Waals surface area contributed by atoms with Crippen LogP contribution >= 0.6 is 11.3 Å². The van der Waals surface area contributed by atoms with Gasteiger partial charge < -0.3 is 4.57 Å². The van der Waals surface area contributed by atoms with Gasteiger partial charge in [0.05, 0.1) is 11.0 Å². The highest BCUT2D eigenvalue weighted by Gasteiger charge is 2.24. The molecule has 0 amide bonds. The molecule has 0 saturated heterocycles. The first-order valence-corrected chi connectivity index (χ1v) is 7.04. The standard InChI is InChI=1S/C14H13N3S/c1-2-5-11-10(4-1)16-13-7-8-15-14(17(11)13)12-6-3-9-18-12/h1-6,9,14-15H,7-8H2/t14-/m1/s1. The summed E-state index contributed by atoms with van der Waals surface area (Å²) < 4.78 is 2.34. The van der Waals surface area contributed by atoms with Crippen LogP contribution in [0.5, 0.6) is 0 Å². The minimum absolute atomic E-state index is 0.237. The van der Waals surface area contributed by atoms with E-state index in [2.05, 4.69) is 51.7 Å². The summed E-state index contributed by atoms with van der Waals surface area (Å²) in [5.41, 5.74) is 2.32. The first kappa shape index (κ1) is 10.3. The minimum atomic E-state index is 0.237. The van der Waals surface area contributed by atoms with Crippen LogP contribution in [-0.2, 0) is 6.42 Å². The van der Waals surface area contributed by atoms with Crippen LogP contribution in [0.3, 0.4) is 0 Å². The van der Waals surface area contributed by atoms with E-state index in [1.165, 1.54) is 16.2 Å². The summed E-state index contributed by atoms with van der Waals surface area (Å²) in [6.45, 7) is 0.992. The molecule has 1 atom stereocenters. The van der Waals surface area contributed by atoms with Gasteiger partial charge in [0.15, 0.2) is 0 Å². The number of hydrogen-bond donors (Lipinski definition) is 1. The number of fused-ring (bicyclic) bond motifs is 3. The summed E-state index contributed by atoms with van der Waals surface area (Å²) in [6.07, 6.45) is 1.23. The quantitative estimate of drug-likeness (QED) is 0.724. The highest BCUT2D eigenvalue weighted by molar-refractivity contribution is 7.10. The molecule has 4 rings (SSSR count). The summed E-state index contributed by atoms with van der Waals surface area (Å²) in [4.78, 5) is 6.09. The largest absolute Gasteiger partial charge is 0.306 e. The number of thiophene rings is 1. The Kier molecular flexibility index (Phi) is 2.25. The summed E-state index contributed by atoms with van der Waals surface area (Å²) in [7, 11) is 0. The molecule has 0 radical (unpaired) electrons. The Labute approximate surface area is 109 Å². The molecule has 1 aromatic carbocycles. The molecular weight excluding hydrogens is 242 g/mol. The maximum Gasteiger partial charge on any atom is 0.121 e. The van der Waals surface area contributed by atoms with Gasteiger partial charge in [0, 0.05) is 17.8 Å². The summed E-state index contributed by atoms with van der Waals surface area (Å²) in [5.74, 6) is 1.19. The van der Waals surface area contributed by atoms with E-state index >= 15 is 0 Å². The first-order chi connectivity index (χ1) is 8.93. The molecule has 0 fully saturated rings. The number of imidazole rings is 1. The summed E-state index contributed by atoms with van der Waals surface area (Å²) in [5, 5.41) is 5.72. The number of nitrogens with one attached hydrogen (secondary N) is 1. The van der Waals surface area contributed by atoms with Gasteiger partial charge in [-0.1, -0.05) is 18.2 Å². The Morgan fingerprint density at radius 1 is 1.22 bits per heavy atom. The molecule has 0 bridgehead atoms. The highest BCUT2D eigenvalue weighted by atomic mass is 32.1. The van der Waals surface area contributed by atoms with E-state index in [0.29, 0.717) is 0 Å². The van der Waals surface area contributed by atoms with Gasteiger partial charge >= 0.3 is 0 Å². The number of hydrogen-bond acceptors (Lipinski definition) is 3. The molecule has 1 aliphatic heterocycles. The fraction of sp³-hybridized carbons (Fsp3) is 0.214. The molecule has 90 valence electrons. The maximum atomic E-state index is 4.74. The smallest absolute Gasteiger partial charge is 0.121 e. The Balaban J connectivity index is 1.97. The maximum absolute atomic E-state index is 4.74. The van der Waals surface area contributed by atoms with Gasteiger partial charge in [0.1, 0.15) is 12.0 Å². The molecule has 0 aliphatic carbocycles. The molecule has 3 nitrogen and oxygen atoms in total. The van der Waals surface area contributed by atoms with E-state index in [0.717, 1.165) is 18.5 Å². The topological polar surface area (TPSA) is 29.9 Å². The lowest BCUT2D eigenvalue weighted by Crippen LogP contribution is -2.35. The Hall–Kier alpha value is -1.65. The van der Waals surface area contributed by atoms with Crippen LogP contribution in [0, 0.1) is 0 Å². The van der Waals surface area contributed by atoms with E-state index in [-0.39, 0.29) is 6.17 Å². The van der Waals surface area contributed by atoms with E-state index in [1.54, 1.807) is 11.3 Å². The van der Waals surface area contributed by atoms with Crippen molar-refractivity contribution >= 4 is 22.4 Å². The zero-order valence-electron chi connectivity index (χ0n) is 9.84. The molecule has 3 aromatic rings. The zero-order chi connectivity index (χ0) is 11.9. The number of benzene rings is 1. The van der Waals surface area contributed by atoms with Crippen molar-refractivity contribution in [2.75, 3.05) is 6.54 Å². The van der Waals surface area contributed by atoms with Crippen LogP contribution in [-0.4, -0.2) is 16.1 Å². The Morgan fingerprint density at radius 2 is 2.17 bits per heavy atom. The molecule has 0 spiro atoms. The van der Waals surface area contributed by atoms with Gasteiger partial charge in [0.2, 0.25) is 0 Å². The van der Waals surface area contributed by atoms with E-state index in [4.69, 9.17) is 4.98 Å². The summed E-state index contributed by atoms with van der Waals surface area (Å²) >= 11 is 1.79. The molecule has 1 N–H and O–H groups in total. The molecule has 0 unspecified atom stereocenters. The molecule has 18 heavy (non-hydrogen) atoms. The van der Waals surface area contributed by atoms with Gasteiger partial charge in [-0.25, -0.2) is 4.98 Å². The fourth-order valence-electron chi connectivity index (χ4n) is 2.65. The van der Waals surface area contributed by atoms with Crippen LogP contribution in [0.4, 0.5) is 0 Å². The van der Waals surface area contributed by atoms with Crippen molar-refractivity contribution in [2.24, 2.45) is 0 Å². The lowest BCUT2D eigenvalue weighted by molar-refractivity contribution is 0.428. The number of para-hydroxylation sites is 2. The van der Waals surface area contributed by atoms with Crippen molar-refractivity contribution in [3.05, 3.63) is 52.5 Å². The molecule has 2 aromatic heterocycles. The third kappa shape index (κ3) is 1.43. The molecule has 1 aliphatic rings. The van der Waals surface area contributed by atoms with Crippen molar-refractivity contribution in [2.45, 2.75) is 12.6 Å². The van der Waals surface area contributed by atoms with Crippen molar-refractivity contribution < 1.29 is 0 Å². The van der Waals surface area contributed by atoms with Crippen LogP contribution in [0.25, 0.3) is 11.0 Å². The molecule has 3 heterocycles. The Morgan fingerprint density at radius 3 is 3.06 bits per heavy atom. The molecule has 4 heteroatoms. The molecular formula is C14H13N3S. The van der Waals surface area contributed by atoms with E-state index in [9.17, 15) is 0 Å². The van der Waals surface area contributed by atoms with Crippen LogP contribution < -0.4 is 5.32 Å². The van der Waals surface area contributed by atoms with Gasteiger partial charge in [-0.3, -0.25) is 5.32 Å². The second-order valence-corrected chi connectivity index (χ2v) is 5.49. The molecule has 0 saturated carbocycles. The van der Waals surface area contributed by atoms with Crippen LogP contribution in [0.1, 0.15) is 16.9 Å². The second-order valence-electron chi connectivity index (χ2n) is 4.51. The van der Waals surface area contributed by atoms with Crippen molar-refractivity contribution in [1.82, 2.24) is 14.9 Å². The van der Waals surface area contributed by atoms with Gasteiger partial charge in [0.25, 0.3) is 0 Å². The number of aromatic nitrogens is 2. The SMILES string of the molecule is c1csc([C@@H]2NCCc3nc4ccccc4n32)c1. The van der Waals surface area contributed by atoms with Gasteiger partial charge in [-0.05, 0) is 23.6 Å². The number of rotatable bonds is 1. The average molecular weight is 255 g/mol. The first-order valence-electron chi connectivity index (χ1n) is 6.16. The lowest BCUT2D eigenvalue weighted by Gasteiger charge is -2.26. The minimum Gasteiger partial charge on any atom is -0.306 e. The highest BCUT2D eigenvalue weighted by Crippen LogP contribution is 2.29. The number of nitrogens with zero attached hydrogens (tertiary/aromatic N) is 2. The lowest BCUT2D eigenvalue weighted by atomic mass is 10.2. The predicted molar refractivity (Wildman–Crippen MR) is 73.9 cm³/mol. The van der Waals surface area contributed by atoms with Gasteiger partial charge in [-0.15, -0.1) is 11.3 Å². The van der Waals surface area contributed by atoms with Crippen LogP contribution in [0.2, 0.25) is 0 Å².